The number of benzene rings is 1. The Labute approximate surface area is 141 Å². The van der Waals surface area contributed by atoms with Crippen molar-refractivity contribution in [2.24, 2.45) is 5.92 Å². The van der Waals surface area contributed by atoms with Gasteiger partial charge in [-0.15, -0.1) is 0 Å². The van der Waals surface area contributed by atoms with Gasteiger partial charge in [-0.25, -0.2) is 4.79 Å². The van der Waals surface area contributed by atoms with E-state index in [2.05, 4.69) is 16.0 Å². The van der Waals surface area contributed by atoms with Crippen molar-refractivity contribution in [2.75, 3.05) is 32.0 Å². The lowest BCUT2D eigenvalue weighted by Crippen LogP contribution is -2.36. The molecule has 1 aromatic rings. The lowest BCUT2D eigenvalue weighted by Gasteiger charge is -2.18. The Morgan fingerprint density at radius 2 is 2.04 bits per heavy atom. The predicted octanol–water partition coefficient (Wildman–Crippen LogP) is 1.34. The molecule has 0 spiro atoms. The molecule has 130 valence electrons. The van der Waals surface area contributed by atoms with Gasteiger partial charge in [-0.1, -0.05) is 0 Å². The maximum atomic E-state index is 12.4. The quantitative estimate of drug-likeness (QED) is 0.777. The number of carbonyl (C=O) groups excluding carboxylic acids is 3. The molecule has 7 heteroatoms. The van der Waals surface area contributed by atoms with Crippen LogP contribution < -0.4 is 16.0 Å². The summed E-state index contributed by atoms with van der Waals surface area (Å²) in [6.45, 7) is 5.29. The first kappa shape index (κ1) is 17.8. The topological polar surface area (TPSA) is 90.5 Å². The summed E-state index contributed by atoms with van der Waals surface area (Å²) >= 11 is 0. The molecule has 1 aliphatic rings. The third-order valence-corrected chi connectivity index (χ3v) is 4.15. The fourth-order valence-corrected chi connectivity index (χ4v) is 2.76. The Balaban J connectivity index is 1.98. The van der Waals surface area contributed by atoms with Gasteiger partial charge in [-0.3, -0.25) is 9.59 Å². The number of nitrogens with one attached hydrogen (secondary N) is 3. The lowest BCUT2D eigenvalue weighted by molar-refractivity contribution is -0.124. The Hall–Kier alpha value is -2.57. The highest BCUT2D eigenvalue weighted by atomic mass is 16.2. The van der Waals surface area contributed by atoms with Gasteiger partial charge in [0.05, 0.1) is 5.92 Å². The molecule has 4 amide bonds. The number of aryl methyl sites for hydroxylation is 1. The van der Waals surface area contributed by atoms with Gasteiger partial charge in [0.25, 0.3) is 5.91 Å². The Morgan fingerprint density at radius 3 is 2.67 bits per heavy atom. The second kappa shape index (κ2) is 7.81. The van der Waals surface area contributed by atoms with Crippen molar-refractivity contribution < 1.29 is 14.4 Å². The van der Waals surface area contributed by atoms with E-state index in [-0.39, 0.29) is 23.8 Å². The molecule has 2 rings (SSSR count). The molecule has 0 aliphatic carbocycles. The van der Waals surface area contributed by atoms with Crippen LogP contribution in [-0.4, -0.2) is 49.4 Å². The molecule has 24 heavy (non-hydrogen) atoms. The first-order valence-electron chi connectivity index (χ1n) is 8.12. The number of likely N-dealkylation sites (tertiary alicyclic amines) is 1. The summed E-state index contributed by atoms with van der Waals surface area (Å²) in [7, 11) is 1.58. The van der Waals surface area contributed by atoms with Gasteiger partial charge < -0.3 is 20.9 Å². The van der Waals surface area contributed by atoms with Crippen molar-refractivity contribution >= 4 is 23.5 Å². The molecule has 1 saturated heterocycles. The minimum atomic E-state index is -0.224. The van der Waals surface area contributed by atoms with Crippen LogP contribution in [0.3, 0.4) is 0 Å². The summed E-state index contributed by atoms with van der Waals surface area (Å²) < 4.78 is 0. The molecule has 0 bridgehead atoms. The Kier molecular flexibility index (Phi) is 5.78. The van der Waals surface area contributed by atoms with Crippen LogP contribution in [0.15, 0.2) is 18.2 Å². The minimum absolute atomic E-state index is 0.00101. The fourth-order valence-electron chi connectivity index (χ4n) is 2.76. The van der Waals surface area contributed by atoms with Crippen molar-refractivity contribution in [3.63, 3.8) is 0 Å². The van der Waals surface area contributed by atoms with Crippen molar-refractivity contribution in [3.05, 3.63) is 29.3 Å². The Bertz CT molecular complexity index is 645. The van der Waals surface area contributed by atoms with Gasteiger partial charge in [0.2, 0.25) is 5.91 Å². The SMILES string of the molecule is CCNC(=O)[C@@H]1CCN(C(=O)Nc2ccc(C(=O)NC)cc2C)C1. The zero-order chi connectivity index (χ0) is 17.7. The molecule has 7 nitrogen and oxygen atoms in total. The van der Waals surface area contributed by atoms with E-state index in [0.717, 1.165) is 5.56 Å². The average molecular weight is 332 g/mol. The summed E-state index contributed by atoms with van der Waals surface area (Å²) in [6, 6.07) is 4.89. The van der Waals surface area contributed by atoms with E-state index < -0.39 is 0 Å². The lowest BCUT2D eigenvalue weighted by atomic mass is 10.1. The fraction of sp³-hybridized carbons (Fsp3) is 0.471. The van der Waals surface area contributed by atoms with Gasteiger partial charge in [-0.2, -0.15) is 0 Å². The van der Waals surface area contributed by atoms with E-state index in [4.69, 9.17) is 0 Å². The first-order valence-corrected chi connectivity index (χ1v) is 8.12. The number of rotatable bonds is 4. The van der Waals surface area contributed by atoms with Crippen LogP contribution in [0.2, 0.25) is 0 Å². The maximum Gasteiger partial charge on any atom is 0.321 e. The van der Waals surface area contributed by atoms with E-state index in [1.54, 1.807) is 30.1 Å². The maximum absolute atomic E-state index is 12.4. The monoisotopic (exact) mass is 332 g/mol. The van der Waals surface area contributed by atoms with Gasteiger partial charge in [-0.05, 0) is 44.0 Å². The van der Waals surface area contributed by atoms with E-state index in [0.29, 0.717) is 37.3 Å². The number of hydrogen-bond acceptors (Lipinski definition) is 3. The van der Waals surface area contributed by atoms with E-state index in [1.807, 2.05) is 13.8 Å². The first-order chi connectivity index (χ1) is 11.5. The summed E-state index contributed by atoms with van der Waals surface area (Å²) in [6.07, 6.45) is 0.674. The van der Waals surface area contributed by atoms with E-state index >= 15 is 0 Å². The molecule has 1 atom stereocenters. The van der Waals surface area contributed by atoms with Crippen LogP contribution >= 0.6 is 0 Å². The molecule has 1 aromatic carbocycles. The summed E-state index contributed by atoms with van der Waals surface area (Å²) in [5, 5.41) is 8.21. The van der Waals surface area contributed by atoms with Crippen LogP contribution in [-0.2, 0) is 4.79 Å². The average Bonchev–Trinajstić information content (AvgIpc) is 3.06. The largest absolute Gasteiger partial charge is 0.356 e. The normalized spacial score (nSPS) is 16.6. The molecule has 0 aromatic heterocycles. The summed E-state index contributed by atoms with van der Waals surface area (Å²) in [5.41, 5.74) is 2.02. The van der Waals surface area contributed by atoms with Crippen molar-refractivity contribution in [1.82, 2.24) is 15.5 Å². The number of hydrogen-bond donors (Lipinski definition) is 3. The summed E-state index contributed by atoms with van der Waals surface area (Å²) in [4.78, 5) is 37.5. The molecular weight excluding hydrogens is 308 g/mol. The number of nitrogens with zero attached hydrogens (tertiary/aromatic N) is 1. The number of anilines is 1. The highest BCUT2D eigenvalue weighted by Gasteiger charge is 2.30. The van der Waals surface area contributed by atoms with Crippen LogP contribution in [0.25, 0.3) is 0 Å². The van der Waals surface area contributed by atoms with E-state index in [9.17, 15) is 14.4 Å². The molecule has 1 fully saturated rings. The number of carbonyl (C=O) groups is 3. The molecule has 0 unspecified atom stereocenters. The third kappa shape index (κ3) is 4.04. The highest BCUT2D eigenvalue weighted by Crippen LogP contribution is 2.20. The molecule has 1 aliphatic heterocycles. The van der Waals surface area contributed by atoms with Crippen LogP contribution in [0, 0.1) is 12.8 Å². The Morgan fingerprint density at radius 1 is 1.29 bits per heavy atom. The predicted molar refractivity (Wildman–Crippen MR) is 92.0 cm³/mol. The minimum Gasteiger partial charge on any atom is -0.356 e. The van der Waals surface area contributed by atoms with Crippen LogP contribution in [0.4, 0.5) is 10.5 Å². The smallest absolute Gasteiger partial charge is 0.321 e. The van der Waals surface area contributed by atoms with Crippen LogP contribution in [0.5, 0.6) is 0 Å². The van der Waals surface area contributed by atoms with Crippen molar-refractivity contribution in [1.29, 1.82) is 0 Å². The van der Waals surface area contributed by atoms with Crippen LogP contribution in [0.1, 0.15) is 29.3 Å². The second-order valence-corrected chi connectivity index (χ2v) is 5.87. The standard InChI is InChI=1S/C17H24N4O3/c1-4-19-16(23)13-7-8-21(10-13)17(24)20-14-6-5-12(9-11(14)2)15(22)18-3/h5-6,9,13H,4,7-8,10H2,1-3H3,(H,18,22)(H,19,23)(H,20,24)/t13-/m1/s1. The zero-order valence-corrected chi connectivity index (χ0v) is 14.3. The number of urea groups is 1. The highest BCUT2D eigenvalue weighted by molar-refractivity contribution is 5.96. The number of amides is 4. The van der Waals surface area contributed by atoms with E-state index in [1.165, 1.54) is 0 Å². The van der Waals surface area contributed by atoms with Gasteiger partial charge in [0.1, 0.15) is 0 Å². The van der Waals surface area contributed by atoms with Gasteiger partial charge in [0, 0.05) is 37.9 Å². The van der Waals surface area contributed by atoms with Gasteiger partial charge in [0.15, 0.2) is 0 Å². The second-order valence-electron chi connectivity index (χ2n) is 5.87. The molecule has 0 saturated carbocycles. The molecular formula is C17H24N4O3. The van der Waals surface area contributed by atoms with Gasteiger partial charge >= 0.3 is 6.03 Å². The third-order valence-electron chi connectivity index (χ3n) is 4.15. The van der Waals surface area contributed by atoms with Crippen molar-refractivity contribution in [3.8, 4) is 0 Å². The summed E-state index contributed by atoms with van der Waals surface area (Å²) in [5.74, 6) is -0.313. The van der Waals surface area contributed by atoms with Crippen molar-refractivity contribution in [2.45, 2.75) is 20.3 Å². The molecule has 1 heterocycles. The molecule has 3 N–H and O–H groups in total. The zero-order valence-electron chi connectivity index (χ0n) is 14.3. The molecule has 0 radical (unpaired) electrons.